The van der Waals surface area contributed by atoms with E-state index in [4.69, 9.17) is 5.11 Å². The summed E-state index contributed by atoms with van der Waals surface area (Å²) in [7, 11) is 0. The number of carbonyl (C=O) groups is 1. The van der Waals surface area contributed by atoms with Crippen LogP contribution in [0.15, 0.2) is 0 Å². The smallest absolute Gasteiger partial charge is 0.236 e. The average molecular weight is 268 g/mol. The van der Waals surface area contributed by atoms with E-state index < -0.39 is 0 Å². The lowest BCUT2D eigenvalue weighted by atomic mass is 10.00. The van der Waals surface area contributed by atoms with Crippen LogP contribution in [-0.2, 0) is 4.79 Å². The Bertz CT molecular complexity index is 296. The zero-order valence-corrected chi connectivity index (χ0v) is 12.2. The molecule has 0 saturated carbocycles. The molecule has 2 aliphatic heterocycles. The van der Waals surface area contributed by atoms with Crippen LogP contribution in [0.25, 0.3) is 0 Å². The van der Waals surface area contributed by atoms with Gasteiger partial charge in [-0.3, -0.25) is 9.69 Å². The molecule has 0 aromatic rings. The van der Waals surface area contributed by atoms with E-state index in [1.54, 1.807) is 0 Å². The second-order valence-corrected chi connectivity index (χ2v) is 6.05. The molecule has 1 N–H and O–H groups in total. The maximum absolute atomic E-state index is 12.4. The molecular weight excluding hydrogens is 240 g/mol. The Morgan fingerprint density at radius 3 is 2.84 bits per heavy atom. The Kier molecular flexibility index (Phi) is 5.64. The van der Waals surface area contributed by atoms with Crippen molar-refractivity contribution in [1.29, 1.82) is 0 Å². The number of piperidine rings is 1. The Morgan fingerprint density at radius 2 is 2.11 bits per heavy atom. The standard InChI is InChI=1S/C15H28N2O2/c1-2-14-5-3-4-8-17(14)15(19)12-16-9-6-13(11-16)7-10-18/h13-14,18H,2-12H2,1H3. The normalized spacial score (nSPS) is 28.8. The van der Waals surface area contributed by atoms with Crippen molar-refractivity contribution >= 4 is 5.91 Å². The fourth-order valence-electron chi connectivity index (χ4n) is 3.51. The first-order valence-corrected chi connectivity index (χ1v) is 7.87. The summed E-state index contributed by atoms with van der Waals surface area (Å²) in [6.07, 6.45) is 6.70. The molecule has 0 aliphatic carbocycles. The Hall–Kier alpha value is -0.610. The molecule has 1 amide bonds. The summed E-state index contributed by atoms with van der Waals surface area (Å²) < 4.78 is 0. The van der Waals surface area contributed by atoms with Crippen molar-refractivity contribution in [1.82, 2.24) is 9.80 Å². The average Bonchev–Trinajstić information content (AvgIpc) is 2.86. The molecule has 2 heterocycles. The molecule has 4 nitrogen and oxygen atoms in total. The van der Waals surface area contributed by atoms with Gasteiger partial charge in [-0.25, -0.2) is 0 Å². The Morgan fingerprint density at radius 1 is 1.26 bits per heavy atom. The van der Waals surface area contributed by atoms with Crippen LogP contribution in [0.1, 0.15) is 45.4 Å². The highest BCUT2D eigenvalue weighted by Gasteiger charge is 2.29. The molecule has 2 aliphatic rings. The molecule has 19 heavy (non-hydrogen) atoms. The zero-order valence-electron chi connectivity index (χ0n) is 12.2. The van der Waals surface area contributed by atoms with Gasteiger partial charge in [0.25, 0.3) is 0 Å². The number of amides is 1. The van der Waals surface area contributed by atoms with Crippen LogP contribution in [0.2, 0.25) is 0 Å². The number of hydrogen-bond acceptors (Lipinski definition) is 3. The topological polar surface area (TPSA) is 43.8 Å². The Labute approximate surface area is 116 Å². The highest BCUT2D eigenvalue weighted by Crippen LogP contribution is 2.22. The van der Waals surface area contributed by atoms with E-state index in [0.29, 0.717) is 24.4 Å². The van der Waals surface area contributed by atoms with Crippen LogP contribution in [0, 0.1) is 5.92 Å². The van der Waals surface area contributed by atoms with Gasteiger partial charge in [0.2, 0.25) is 5.91 Å². The van der Waals surface area contributed by atoms with Gasteiger partial charge in [-0.2, -0.15) is 0 Å². The van der Waals surface area contributed by atoms with Gasteiger partial charge in [0.15, 0.2) is 0 Å². The fraction of sp³-hybridized carbons (Fsp3) is 0.933. The van der Waals surface area contributed by atoms with Crippen molar-refractivity contribution in [2.75, 3.05) is 32.8 Å². The van der Waals surface area contributed by atoms with E-state index in [2.05, 4.69) is 16.7 Å². The lowest BCUT2D eigenvalue weighted by Crippen LogP contribution is -2.47. The third-order valence-electron chi connectivity index (χ3n) is 4.68. The molecule has 0 aromatic heterocycles. The minimum absolute atomic E-state index is 0.274. The number of aliphatic hydroxyl groups is 1. The van der Waals surface area contributed by atoms with Crippen molar-refractivity contribution in [2.45, 2.75) is 51.5 Å². The lowest BCUT2D eigenvalue weighted by molar-refractivity contribution is -0.136. The maximum Gasteiger partial charge on any atom is 0.236 e. The fourth-order valence-corrected chi connectivity index (χ4v) is 3.51. The second kappa shape index (κ2) is 7.25. The van der Waals surface area contributed by atoms with Crippen LogP contribution in [0.4, 0.5) is 0 Å². The summed E-state index contributed by atoms with van der Waals surface area (Å²) in [5, 5.41) is 8.97. The van der Waals surface area contributed by atoms with Crippen molar-refractivity contribution in [3.63, 3.8) is 0 Å². The number of nitrogens with zero attached hydrogens (tertiary/aromatic N) is 2. The molecule has 2 atom stereocenters. The minimum Gasteiger partial charge on any atom is -0.396 e. The molecule has 2 saturated heterocycles. The number of rotatable bonds is 5. The third-order valence-corrected chi connectivity index (χ3v) is 4.68. The summed E-state index contributed by atoms with van der Waals surface area (Å²) in [4.78, 5) is 16.8. The van der Waals surface area contributed by atoms with E-state index in [1.165, 1.54) is 12.8 Å². The van der Waals surface area contributed by atoms with E-state index >= 15 is 0 Å². The summed E-state index contributed by atoms with van der Waals surface area (Å²) >= 11 is 0. The van der Waals surface area contributed by atoms with Crippen molar-refractivity contribution in [3.05, 3.63) is 0 Å². The molecule has 4 heteroatoms. The molecule has 2 unspecified atom stereocenters. The molecule has 0 spiro atoms. The predicted molar refractivity (Wildman–Crippen MR) is 75.9 cm³/mol. The number of carbonyl (C=O) groups excluding carboxylic acids is 1. The van der Waals surface area contributed by atoms with E-state index in [1.807, 2.05) is 0 Å². The van der Waals surface area contributed by atoms with Gasteiger partial charge in [0.1, 0.15) is 0 Å². The van der Waals surface area contributed by atoms with Crippen molar-refractivity contribution in [3.8, 4) is 0 Å². The van der Waals surface area contributed by atoms with Crippen LogP contribution < -0.4 is 0 Å². The first-order valence-electron chi connectivity index (χ1n) is 7.87. The first kappa shape index (κ1) is 14.8. The second-order valence-electron chi connectivity index (χ2n) is 6.05. The van der Waals surface area contributed by atoms with Crippen LogP contribution in [0.3, 0.4) is 0 Å². The predicted octanol–water partition coefficient (Wildman–Crippen LogP) is 1.48. The van der Waals surface area contributed by atoms with Gasteiger partial charge in [-0.05, 0) is 51.0 Å². The van der Waals surface area contributed by atoms with Crippen molar-refractivity contribution in [2.24, 2.45) is 5.92 Å². The number of likely N-dealkylation sites (tertiary alicyclic amines) is 2. The molecule has 110 valence electrons. The van der Waals surface area contributed by atoms with Gasteiger partial charge < -0.3 is 10.0 Å². The van der Waals surface area contributed by atoms with Crippen molar-refractivity contribution < 1.29 is 9.90 Å². The van der Waals surface area contributed by atoms with Gasteiger partial charge in [-0.1, -0.05) is 6.92 Å². The highest BCUT2D eigenvalue weighted by atomic mass is 16.3. The zero-order chi connectivity index (χ0) is 13.7. The number of aliphatic hydroxyl groups excluding tert-OH is 1. The summed E-state index contributed by atoms with van der Waals surface area (Å²) in [6.45, 7) is 5.99. The first-order chi connectivity index (χ1) is 9.24. The maximum atomic E-state index is 12.4. The van der Waals surface area contributed by atoms with Gasteiger partial charge in [-0.15, -0.1) is 0 Å². The monoisotopic (exact) mass is 268 g/mol. The van der Waals surface area contributed by atoms with Crippen LogP contribution >= 0.6 is 0 Å². The molecule has 0 radical (unpaired) electrons. The van der Waals surface area contributed by atoms with E-state index in [-0.39, 0.29) is 6.61 Å². The van der Waals surface area contributed by atoms with Crippen LogP contribution in [0.5, 0.6) is 0 Å². The SMILES string of the molecule is CCC1CCCCN1C(=O)CN1CCC(CCO)C1. The summed E-state index contributed by atoms with van der Waals surface area (Å²) in [5.74, 6) is 0.900. The third kappa shape index (κ3) is 3.93. The van der Waals surface area contributed by atoms with E-state index in [9.17, 15) is 4.79 Å². The summed E-state index contributed by atoms with van der Waals surface area (Å²) in [6, 6.07) is 0.470. The quantitative estimate of drug-likeness (QED) is 0.821. The van der Waals surface area contributed by atoms with E-state index in [0.717, 1.165) is 45.3 Å². The molecule has 0 bridgehead atoms. The number of hydrogen-bond donors (Lipinski definition) is 1. The summed E-state index contributed by atoms with van der Waals surface area (Å²) in [5.41, 5.74) is 0. The molecule has 0 aromatic carbocycles. The minimum atomic E-state index is 0.274. The largest absolute Gasteiger partial charge is 0.396 e. The van der Waals surface area contributed by atoms with Gasteiger partial charge in [0.05, 0.1) is 6.54 Å². The van der Waals surface area contributed by atoms with Gasteiger partial charge in [0, 0.05) is 25.7 Å². The molecular formula is C15H28N2O2. The Balaban J connectivity index is 1.80. The van der Waals surface area contributed by atoms with Crippen LogP contribution in [-0.4, -0.2) is 59.6 Å². The highest BCUT2D eigenvalue weighted by molar-refractivity contribution is 5.78. The lowest BCUT2D eigenvalue weighted by Gasteiger charge is -2.36. The molecule has 2 fully saturated rings. The molecule has 2 rings (SSSR count). The van der Waals surface area contributed by atoms with Gasteiger partial charge >= 0.3 is 0 Å².